The van der Waals surface area contributed by atoms with E-state index in [0.29, 0.717) is 12.6 Å². The Bertz CT molecular complexity index is 614. The van der Waals surface area contributed by atoms with E-state index < -0.39 is 0 Å². The third-order valence-corrected chi connectivity index (χ3v) is 4.73. The quantitative estimate of drug-likeness (QED) is 0.800. The first kappa shape index (κ1) is 19.8. The molecule has 2 aromatic carbocycles. The molecule has 0 bridgehead atoms. The highest BCUT2D eigenvalue weighted by Gasteiger charge is 2.25. The lowest BCUT2D eigenvalue weighted by molar-refractivity contribution is 0.154. The number of para-hydroxylation sites is 1. The largest absolute Gasteiger partial charge is 0.491 e. The summed E-state index contributed by atoms with van der Waals surface area (Å²) in [7, 11) is 0. The summed E-state index contributed by atoms with van der Waals surface area (Å²) in [5.74, 6) is 0.901. The molecule has 4 heteroatoms. The first-order valence-electron chi connectivity index (χ1n) is 8.99. The molecule has 1 atom stereocenters. The number of nitrogens with zero attached hydrogens (tertiary/aromatic N) is 1. The van der Waals surface area contributed by atoms with Crippen molar-refractivity contribution in [3.63, 3.8) is 0 Å². The predicted octanol–water partition coefficient (Wildman–Crippen LogP) is 4.25. The van der Waals surface area contributed by atoms with Gasteiger partial charge in [-0.3, -0.25) is 4.90 Å². The second-order valence-electron chi connectivity index (χ2n) is 6.41. The molecule has 0 aliphatic carbocycles. The number of likely N-dealkylation sites (tertiary alicyclic amines) is 1. The van der Waals surface area contributed by atoms with Crippen molar-refractivity contribution in [2.75, 3.05) is 26.3 Å². The number of hydrogen-bond donors (Lipinski definition) is 1. The highest BCUT2D eigenvalue weighted by molar-refractivity contribution is 5.85. The Morgan fingerprint density at radius 1 is 0.920 bits per heavy atom. The summed E-state index contributed by atoms with van der Waals surface area (Å²) in [6, 6.07) is 19.3. The van der Waals surface area contributed by atoms with Gasteiger partial charge < -0.3 is 9.84 Å². The van der Waals surface area contributed by atoms with Crippen LogP contribution in [0.4, 0.5) is 0 Å². The van der Waals surface area contributed by atoms with E-state index in [1.165, 1.54) is 30.4 Å². The van der Waals surface area contributed by atoms with Gasteiger partial charge in [-0.05, 0) is 44.0 Å². The van der Waals surface area contributed by atoms with Crippen LogP contribution in [0.2, 0.25) is 0 Å². The number of halogens is 1. The van der Waals surface area contributed by atoms with Crippen molar-refractivity contribution < 1.29 is 9.84 Å². The van der Waals surface area contributed by atoms with Crippen LogP contribution in [-0.4, -0.2) is 36.3 Å². The van der Waals surface area contributed by atoms with Gasteiger partial charge in [0.2, 0.25) is 0 Å². The molecule has 136 valence electrons. The average Bonchev–Trinajstić information content (AvgIpc) is 2.66. The SMILES string of the molecule is Cl.OCCOc1ccccc1C(Cc1ccccc1)N1CCCCC1. The van der Waals surface area contributed by atoms with Crippen LogP contribution in [0.5, 0.6) is 5.75 Å². The van der Waals surface area contributed by atoms with Crippen LogP contribution in [0.1, 0.15) is 36.4 Å². The van der Waals surface area contributed by atoms with Gasteiger partial charge in [0.1, 0.15) is 12.4 Å². The highest BCUT2D eigenvalue weighted by atomic mass is 35.5. The minimum Gasteiger partial charge on any atom is -0.491 e. The first-order chi connectivity index (χ1) is 11.9. The first-order valence-corrected chi connectivity index (χ1v) is 8.99. The van der Waals surface area contributed by atoms with Crippen LogP contribution in [0, 0.1) is 0 Å². The summed E-state index contributed by atoms with van der Waals surface area (Å²) < 4.78 is 5.82. The van der Waals surface area contributed by atoms with Crippen LogP contribution >= 0.6 is 12.4 Å². The Hall–Kier alpha value is -1.55. The van der Waals surface area contributed by atoms with Gasteiger partial charge in [0.05, 0.1) is 6.61 Å². The van der Waals surface area contributed by atoms with Gasteiger partial charge in [-0.15, -0.1) is 12.4 Å². The summed E-state index contributed by atoms with van der Waals surface area (Å²) >= 11 is 0. The van der Waals surface area contributed by atoms with Gasteiger partial charge in [0, 0.05) is 11.6 Å². The molecule has 1 aliphatic rings. The molecule has 0 amide bonds. The summed E-state index contributed by atoms with van der Waals surface area (Å²) in [6.45, 7) is 2.67. The van der Waals surface area contributed by atoms with E-state index in [4.69, 9.17) is 9.84 Å². The van der Waals surface area contributed by atoms with Crippen LogP contribution in [0.3, 0.4) is 0 Å². The molecular weight excluding hydrogens is 334 g/mol. The molecule has 3 nitrogen and oxygen atoms in total. The summed E-state index contributed by atoms with van der Waals surface area (Å²) in [5, 5.41) is 9.11. The van der Waals surface area contributed by atoms with E-state index in [0.717, 1.165) is 25.3 Å². The van der Waals surface area contributed by atoms with Crippen LogP contribution in [0.15, 0.2) is 54.6 Å². The molecule has 0 radical (unpaired) electrons. The fourth-order valence-corrected chi connectivity index (χ4v) is 3.55. The van der Waals surface area contributed by atoms with E-state index in [1.54, 1.807) is 0 Å². The van der Waals surface area contributed by atoms with Gasteiger partial charge in [-0.25, -0.2) is 0 Å². The molecule has 3 rings (SSSR count). The number of ether oxygens (including phenoxy) is 1. The molecule has 0 spiro atoms. The van der Waals surface area contributed by atoms with Gasteiger partial charge >= 0.3 is 0 Å². The van der Waals surface area contributed by atoms with Crippen molar-refractivity contribution >= 4 is 12.4 Å². The molecule has 1 heterocycles. The van der Waals surface area contributed by atoms with Crippen molar-refractivity contribution in [2.45, 2.75) is 31.7 Å². The Balaban J connectivity index is 0.00000225. The van der Waals surface area contributed by atoms with Crippen molar-refractivity contribution in [2.24, 2.45) is 0 Å². The zero-order valence-electron chi connectivity index (χ0n) is 14.6. The standard InChI is InChI=1S/C21H27NO2.ClH/c23-15-16-24-21-12-6-5-11-19(21)20(22-13-7-2-8-14-22)17-18-9-3-1-4-10-18;/h1,3-6,9-12,20,23H,2,7-8,13-17H2;1H. The summed E-state index contributed by atoms with van der Waals surface area (Å²) in [5.41, 5.74) is 2.58. The van der Waals surface area contributed by atoms with Crippen LogP contribution < -0.4 is 4.74 Å². The van der Waals surface area contributed by atoms with E-state index in [9.17, 15) is 0 Å². The lowest BCUT2D eigenvalue weighted by Gasteiger charge is -2.35. The predicted molar refractivity (Wildman–Crippen MR) is 105 cm³/mol. The van der Waals surface area contributed by atoms with Gasteiger partial charge in [-0.2, -0.15) is 0 Å². The van der Waals surface area contributed by atoms with Crippen LogP contribution in [-0.2, 0) is 6.42 Å². The van der Waals surface area contributed by atoms with E-state index >= 15 is 0 Å². The molecule has 0 saturated carbocycles. The number of benzene rings is 2. The lowest BCUT2D eigenvalue weighted by Crippen LogP contribution is -2.35. The monoisotopic (exact) mass is 361 g/mol. The van der Waals surface area contributed by atoms with Crippen molar-refractivity contribution in [1.29, 1.82) is 0 Å². The highest BCUT2D eigenvalue weighted by Crippen LogP contribution is 2.33. The summed E-state index contributed by atoms with van der Waals surface area (Å²) in [6.07, 6.45) is 4.85. The zero-order valence-corrected chi connectivity index (χ0v) is 15.5. The number of rotatable bonds is 7. The second-order valence-corrected chi connectivity index (χ2v) is 6.41. The van der Waals surface area contributed by atoms with Crippen molar-refractivity contribution in [3.8, 4) is 5.75 Å². The van der Waals surface area contributed by atoms with Gasteiger partial charge in [0.25, 0.3) is 0 Å². The number of piperidine rings is 1. The van der Waals surface area contributed by atoms with Crippen molar-refractivity contribution in [3.05, 3.63) is 65.7 Å². The third kappa shape index (κ3) is 5.46. The maximum Gasteiger partial charge on any atom is 0.124 e. The van der Waals surface area contributed by atoms with E-state index in [-0.39, 0.29) is 19.0 Å². The van der Waals surface area contributed by atoms with Crippen molar-refractivity contribution in [1.82, 2.24) is 4.90 Å². The topological polar surface area (TPSA) is 32.7 Å². The van der Waals surface area contributed by atoms with Crippen LogP contribution in [0.25, 0.3) is 0 Å². The molecule has 1 N–H and O–H groups in total. The maximum absolute atomic E-state index is 9.11. The second kappa shape index (κ2) is 10.4. The Morgan fingerprint density at radius 2 is 1.60 bits per heavy atom. The fourth-order valence-electron chi connectivity index (χ4n) is 3.55. The Kier molecular flexibility index (Phi) is 8.26. The number of hydrogen-bond acceptors (Lipinski definition) is 3. The zero-order chi connectivity index (χ0) is 16.6. The molecule has 2 aromatic rings. The molecule has 0 aromatic heterocycles. The van der Waals surface area contributed by atoms with Gasteiger partial charge in [0.15, 0.2) is 0 Å². The average molecular weight is 362 g/mol. The Morgan fingerprint density at radius 3 is 2.32 bits per heavy atom. The summed E-state index contributed by atoms with van der Waals surface area (Å²) in [4.78, 5) is 2.59. The molecule has 25 heavy (non-hydrogen) atoms. The molecule has 1 fully saturated rings. The van der Waals surface area contributed by atoms with Gasteiger partial charge in [-0.1, -0.05) is 55.0 Å². The minimum absolute atomic E-state index is 0. The molecule has 1 unspecified atom stereocenters. The normalized spacial score (nSPS) is 16.0. The maximum atomic E-state index is 9.11. The Labute approximate surface area is 157 Å². The smallest absolute Gasteiger partial charge is 0.124 e. The molecular formula is C21H28ClNO2. The minimum atomic E-state index is 0. The molecule has 1 aliphatic heterocycles. The number of aliphatic hydroxyl groups is 1. The third-order valence-electron chi connectivity index (χ3n) is 4.73. The fraction of sp³-hybridized carbons (Fsp3) is 0.429. The van der Waals surface area contributed by atoms with E-state index in [1.807, 2.05) is 12.1 Å². The number of aliphatic hydroxyl groups excluding tert-OH is 1. The van der Waals surface area contributed by atoms with E-state index in [2.05, 4.69) is 47.4 Å². The lowest BCUT2D eigenvalue weighted by atomic mass is 9.94. The molecule has 1 saturated heterocycles.